The van der Waals surface area contributed by atoms with Crippen molar-refractivity contribution in [2.45, 2.75) is 56.8 Å². The number of hydrogen-bond acceptors (Lipinski definition) is 7. The topological polar surface area (TPSA) is 208 Å². The highest BCUT2D eigenvalue weighted by Gasteiger charge is 2.30. The molecule has 0 saturated carbocycles. The highest BCUT2D eigenvalue weighted by molar-refractivity contribution is 5.94. The first kappa shape index (κ1) is 29.8. The van der Waals surface area contributed by atoms with E-state index in [1.807, 2.05) is 0 Å². The first-order valence-corrected chi connectivity index (χ1v) is 11.9. The lowest BCUT2D eigenvalue weighted by Gasteiger charge is -2.25. The molecule has 3 amide bonds. The maximum atomic E-state index is 13.2. The Morgan fingerprint density at radius 3 is 1.79 bits per heavy atom. The first-order chi connectivity index (χ1) is 18.0. The van der Waals surface area contributed by atoms with Gasteiger partial charge in [0.05, 0.1) is 6.04 Å². The summed E-state index contributed by atoms with van der Waals surface area (Å²) in [5.41, 5.74) is 6.77. The predicted molar refractivity (Wildman–Crippen MR) is 136 cm³/mol. The molecule has 0 saturated heterocycles. The molecule has 0 spiro atoms. The van der Waals surface area contributed by atoms with Crippen LogP contribution in [0.4, 0.5) is 0 Å². The van der Waals surface area contributed by atoms with Crippen LogP contribution in [0.2, 0.25) is 0 Å². The normalized spacial score (nSPS) is 13.8. The summed E-state index contributed by atoms with van der Waals surface area (Å²) in [6.07, 6.45) is -0.769. The molecule has 0 radical (unpaired) electrons. The van der Waals surface area contributed by atoms with Gasteiger partial charge in [0.15, 0.2) is 0 Å². The number of amides is 3. The Balaban J connectivity index is 2.25. The van der Waals surface area contributed by atoms with Crippen molar-refractivity contribution in [2.24, 2.45) is 5.73 Å². The highest BCUT2D eigenvalue weighted by atomic mass is 16.4. The van der Waals surface area contributed by atoms with E-state index in [0.29, 0.717) is 11.1 Å². The molecule has 4 atom stereocenters. The van der Waals surface area contributed by atoms with Crippen LogP contribution in [0, 0.1) is 0 Å². The number of carbonyl (C=O) groups excluding carboxylic acids is 3. The number of carboxylic acid groups (broad SMARTS) is 2. The minimum absolute atomic E-state index is 0.00312. The van der Waals surface area contributed by atoms with Crippen molar-refractivity contribution in [3.8, 4) is 5.75 Å². The third-order valence-electron chi connectivity index (χ3n) is 5.60. The Labute approximate surface area is 219 Å². The molecule has 0 aliphatic heterocycles. The smallest absolute Gasteiger partial charge is 0.326 e. The number of hydrogen-bond donors (Lipinski definition) is 7. The van der Waals surface area contributed by atoms with Crippen LogP contribution in [0.3, 0.4) is 0 Å². The molecule has 0 aliphatic rings. The molecule has 0 fully saturated rings. The monoisotopic (exact) mass is 528 g/mol. The maximum absolute atomic E-state index is 13.2. The van der Waals surface area contributed by atoms with Gasteiger partial charge in [0, 0.05) is 19.3 Å². The molecule has 0 aliphatic carbocycles. The van der Waals surface area contributed by atoms with Crippen LogP contribution < -0.4 is 21.7 Å². The third kappa shape index (κ3) is 9.90. The maximum Gasteiger partial charge on any atom is 0.326 e. The fourth-order valence-corrected chi connectivity index (χ4v) is 3.51. The molecule has 8 N–H and O–H groups in total. The van der Waals surface area contributed by atoms with Gasteiger partial charge in [0.2, 0.25) is 17.7 Å². The largest absolute Gasteiger partial charge is 0.508 e. The quantitative estimate of drug-likeness (QED) is 0.175. The Hall–Kier alpha value is -4.45. The van der Waals surface area contributed by atoms with Crippen LogP contribution >= 0.6 is 0 Å². The fourth-order valence-electron chi connectivity index (χ4n) is 3.51. The summed E-state index contributed by atoms with van der Waals surface area (Å²) in [5, 5.41) is 35.5. The van der Waals surface area contributed by atoms with Crippen LogP contribution in [0.25, 0.3) is 0 Å². The average molecular weight is 529 g/mol. The number of aliphatic carboxylic acids is 2. The molecule has 12 heteroatoms. The Bertz CT molecular complexity index is 1120. The van der Waals surface area contributed by atoms with E-state index in [1.165, 1.54) is 31.2 Å². The van der Waals surface area contributed by atoms with Gasteiger partial charge < -0.3 is 37.0 Å². The highest BCUT2D eigenvalue weighted by Crippen LogP contribution is 2.12. The van der Waals surface area contributed by atoms with Crippen molar-refractivity contribution < 1.29 is 39.3 Å². The fraction of sp³-hybridized carbons (Fsp3) is 0.346. The molecule has 2 aromatic rings. The first-order valence-electron chi connectivity index (χ1n) is 11.9. The second kappa shape index (κ2) is 14.3. The average Bonchev–Trinajstić information content (AvgIpc) is 2.87. The van der Waals surface area contributed by atoms with E-state index in [4.69, 9.17) is 10.8 Å². The standard InChI is InChI=1S/C26H32N4O8/c1-15(27)23(34)28-19(11-12-22(32)33)24(35)29-20(13-16-5-3-2-4-6-16)25(36)30-21(26(37)38)14-17-7-9-18(31)10-8-17/h2-10,15,19-21,31H,11-14,27H2,1H3,(H,28,34)(H,29,35)(H,30,36)(H,32,33)(H,37,38). The zero-order valence-electron chi connectivity index (χ0n) is 20.8. The number of aromatic hydroxyl groups is 1. The minimum atomic E-state index is -1.34. The number of benzene rings is 2. The van der Waals surface area contributed by atoms with Gasteiger partial charge in [-0.15, -0.1) is 0 Å². The lowest BCUT2D eigenvalue weighted by Crippen LogP contribution is -2.57. The number of carboxylic acids is 2. The van der Waals surface area contributed by atoms with E-state index in [0.717, 1.165) is 0 Å². The van der Waals surface area contributed by atoms with Gasteiger partial charge in [0.1, 0.15) is 23.9 Å². The number of carbonyl (C=O) groups is 5. The molecule has 2 aromatic carbocycles. The van der Waals surface area contributed by atoms with E-state index >= 15 is 0 Å². The van der Waals surface area contributed by atoms with Crippen molar-refractivity contribution in [3.05, 3.63) is 65.7 Å². The molecule has 204 valence electrons. The van der Waals surface area contributed by atoms with Gasteiger partial charge in [-0.05, 0) is 36.6 Å². The molecule has 4 unspecified atom stereocenters. The van der Waals surface area contributed by atoms with Crippen LogP contribution in [0.15, 0.2) is 54.6 Å². The number of phenolic OH excluding ortho intramolecular Hbond substituents is 1. The van der Waals surface area contributed by atoms with E-state index in [-0.39, 0.29) is 25.0 Å². The number of nitrogens with one attached hydrogen (secondary N) is 3. The number of rotatable bonds is 14. The van der Waals surface area contributed by atoms with E-state index < -0.39 is 60.2 Å². The van der Waals surface area contributed by atoms with Crippen molar-refractivity contribution in [1.82, 2.24) is 16.0 Å². The van der Waals surface area contributed by atoms with Crippen LogP contribution in [0.5, 0.6) is 5.75 Å². The van der Waals surface area contributed by atoms with E-state index in [9.17, 15) is 34.2 Å². The van der Waals surface area contributed by atoms with Crippen molar-refractivity contribution in [1.29, 1.82) is 0 Å². The van der Waals surface area contributed by atoms with Gasteiger partial charge >= 0.3 is 11.9 Å². The Morgan fingerprint density at radius 2 is 1.24 bits per heavy atom. The van der Waals surface area contributed by atoms with Crippen molar-refractivity contribution in [2.75, 3.05) is 0 Å². The predicted octanol–water partition coefficient (Wildman–Crippen LogP) is -0.0716. The van der Waals surface area contributed by atoms with Crippen molar-refractivity contribution >= 4 is 29.7 Å². The summed E-state index contributed by atoms with van der Waals surface area (Å²) in [5.74, 6) is -4.77. The molecule has 0 aromatic heterocycles. The molecule has 2 rings (SSSR count). The molecular formula is C26H32N4O8. The second-order valence-electron chi connectivity index (χ2n) is 8.80. The van der Waals surface area contributed by atoms with Gasteiger partial charge in [0.25, 0.3) is 0 Å². The minimum Gasteiger partial charge on any atom is -0.508 e. The lowest BCUT2D eigenvalue weighted by atomic mass is 10.0. The molecule has 0 bridgehead atoms. The lowest BCUT2D eigenvalue weighted by molar-refractivity contribution is -0.142. The summed E-state index contributed by atoms with van der Waals surface area (Å²) < 4.78 is 0. The number of phenols is 1. The van der Waals surface area contributed by atoms with Gasteiger partial charge in [-0.2, -0.15) is 0 Å². The molecule has 38 heavy (non-hydrogen) atoms. The third-order valence-corrected chi connectivity index (χ3v) is 5.60. The SMILES string of the molecule is CC(N)C(=O)NC(CCC(=O)O)C(=O)NC(Cc1ccccc1)C(=O)NC(Cc1ccc(O)cc1)C(=O)O. The zero-order chi connectivity index (χ0) is 28.2. The van der Waals surface area contributed by atoms with Crippen molar-refractivity contribution in [3.63, 3.8) is 0 Å². The van der Waals surface area contributed by atoms with E-state index in [2.05, 4.69) is 16.0 Å². The summed E-state index contributed by atoms with van der Waals surface area (Å²) in [7, 11) is 0. The summed E-state index contributed by atoms with van der Waals surface area (Å²) >= 11 is 0. The van der Waals surface area contributed by atoms with Gasteiger partial charge in [-0.1, -0.05) is 42.5 Å². The summed E-state index contributed by atoms with van der Waals surface area (Å²) in [4.78, 5) is 61.4. The number of nitrogens with two attached hydrogens (primary N) is 1. The van der Waals surface area contributed by atoms with Gasteiger partial charge in [-0.25, -0.2) is 4.79 Å². The Kier molecular flexibility index (Phi) is 11.2. The second-order valence-corrected chi connectivity index (χ2v) is 8.80. The van der Waals surface area contributed by atoms with E-state index in [1.54, 1.807) is 30.3 Å². The van der Waals surface area contributed by atoms with Gasteiger partial charge in [-0.3, -0.25) is 19.2 Å². The Morgan fingerprint density at radius 1 is 0.737 bits per heavy atom. The molecular weight excluding hydrogens is 496 g/mol. The molecule has 12 nitrogen and oxygen atoms in total. The summed E-state index contributed by atoms with van der Waals surface area (Å²) in [6.45, 7) is 1.40. The van der Waals surface area contributed by atoms with Crippen LogP contribution in [-0.2, 0) is 36.8 Å². The molecule has 0 heterocycles. The van der Waals surface area contributed by atoms with Crippen LogP contribution in [0.1, 0.15) is 30.9 Å². The summed E-state index contributed by atoms with van der Waals surface area (Å²) in [6, 6.07) is 9.65. The zero-order valence-corrected chi connectivity index (χ0v) is 20.8. The van der Waals surface area contributed by atoms with Crippen LogP contribution in [-0.4, -0.2) is 69.1 Å².